The Balaban J connectivity index is 1.97. The van der Waals surface area contributed by atoms with Gasteiger partial charge >= 0.3 is 0 Å². The van der Waals surface area contributed by atoms with E-state index in [4.69, 9.17) is 0 Å². The summed E-state index contributed by atoms with van der Waals surface area (Å²) < 4.78 is 0. The smallest absolute Gasteiger partial charge is 0.00965 e. The first-order valence-electron chi connectivity index (χ1n) is 8.37. The first kappa shape index (κ1) is 17.0. The highest BCUT2D eigenvalue weighted by Gasteiger charge is 2.28. The molecule has 0 aromatic heterocycles. The fraction of sp³-hybridized carbons (Fsp3) is 1.00. The van der Waals surface area contributed by atoms with Crippen LogP contribution in [0.15, 0.2) is 0 Å². The summed E-state index contributed by atoms with van der Waals surface area (Å²) in [6, 6.07) is 0.935. The summed E-state index contributed by atoms with van der Waals surface area (Å²) in [6.45, 7) is 15.2. The second kappa shape index (κ2) is 8.26. The molecule has 0 bridgehead atoms. The van der Waals surface area contributed by atoms with Gasteiger partial charge in [-0.05, 0) is 65.5 Å². The van der Waals surface area contributed by atoms with Gasteiger partial charge in [-0.2, -0.15) is 0 Å². The zero-order valence-electron chi connectivity index (χ0n) is 14.0. The molecule has 1 N–H and O–H groups in total. The summed E-state index contributed by atoms with van der Waals surface area (Å²) in [5.74, 6) is 0.816. The Bertz CT molecular complexity index is 226. The maximum atomic E-state index is 3.57. The monoisotopic (exact) mass is 268 g/mol. The molecule has 19 heavy (non-hydrogen) atoms. The summed E-state index contributed by atoms with van der Waals surface area (Å²) in [5.41, 5.74) is 0.278. The molecule has 0 radical (unpaired) electrons. The van der Waals surface area contributed by atoms with Crippen molar-refractivity contribution in [2.45, 2.75) is 84.7 Å². The van der Waals surface area contributed by atoms with Crippen LogP contribution in [0.1, 0.15) is 73.1 Å². The Labute approximate surface area is 121 Å². The molecule has 1 fully saturated rings. The average molecular weight is 268 g/mol. The van der Waals surface area contributed by atoms with Gasteiger partial charge in [0, 0.05) is 18.1 Å². The molecule has 0 amide bonds. The van der Waals surface area contributed by atoms with Gasteiger partial charge in [0.25, 0.3) is 0 Å². The fourth-order valence-electron chi connectivity index (χ4n) is 2.59. The molecule has 1 aliphatic carbocycles. The summed E-state index contributed by atoms with van der Waals surface area (Å²) in [5, 5.41) is 3.57. The molecule has 1 saturated carbocycles. The van der Waals surface area contributed by atoms with Crippen LogP contribution < -0.4 is 5.32 Å². The van der Waals surface area contributed by atoms with Crippen molar-refractivity contribution in [3.05, 3.63) is 0 Å². The van der Waals surface area contributed by atoms with Crippen LogP contribution in [0.4, 0.5) is 0 Å². The zero-order valence-corrected chi connectivity index (χ0v) is 14.0. The molecule has 2 heteroatoms. The van der Waals surface area contributed by atoms with Gasteiger partial charge in [-0.25, -0.2) is 0 Å². The van der Waals surface area contributed by atoms with Crippen molar-refractivity contribution in [2.24, 2.45) is 5.92 Å². The minimum atomic E-state index is 0.278. The third-order valence-electron chi connectivity index (χ3n) is 3.69. The van der Waals surface area contributed by atoms with Crippen molar-refractivity contribution < 1.29 is 0 Å². The van der Waals surface area contributed by atoms with E-state index in [2.05, 4.69) is 44.8 Å². The van der Waals surface area contributed by atoms with E-state index in [1.165, 1.54) is 58.2 Å². The van der Waals surface area contributed by atoms with E-state index in [0.29, 0.717) is 0 Å². The number of nitrogens with one attached hydrogen (secondary N) is 1. The van der Waals surface area contributed by atoms with Crippen molar-refractivity contribution >= 4 is 0 Å². The maximum Gasteiger partial charge on any atom is 0.00965 e. The molecule has 0 aromatic carbocycles. The Morgan fingerprint density at radius 1 is 1.05 bits per heavy atom. The molecule has 1 rings (SSSR count). The molecule has 0 aliphatic heterocycles. The number of rotatable bonds is 10. The SMILES string of the molecule is CC(C)CN(CCCCCCNC(C)(C)C)C1CC1. The summed E-state index contributed by atoms with van der Waals surface area (Å²) >= 11 is 0. The largest absolute Gasteiger partial charge is 0.312 e. The lowest BCUT2D eigenvalue weighted by Gasteiger charge is -2.24. The second-order valence-electron chi connectivity index (χ2n) is 7.71. The van der Waals surface area contributed by atoms with Gasteiger partial charge in [0.2, 0.25) is 0 Å². The van der Waals surface area contributed by atoms with E-state index in [1.54, 1.807) is 0 Å². The number of hydrogen-bond donors (Lipinski definition) is 1. The van der Waals surface area contributed by atoms with E-state index in [1.807, 2.05) is 0 Å². The molecule has 1 aliphatic rings. The standard InChI is InChI=1S/C17H36N2/c1-15(2)14-19(16-10-11-16)13-9-7-6-8-12-18-17(3,4)5/h15-16,18H,6-14H2,1-5H3. The van der Waals surface area contributed by atoms with Gasteiger partial charge < -0.3 is 10.2 Å². The highest BCUT2D eigenvalue weighted by atomic mass is 15.2. The van der Waals surface area contributed by atoms with E-state index in [0.717, 1.165) is 12.0 Å². The molecule has 0 spiro atoms. The Morgan fingerprint density at radius 2 is 1.68 bits per heavy atom. The van der Waals surface area contributed by atoms with E-state index < -0.39 is 0 Å². The number of hydrogen-bond acceptors (Lipinski definition) is 2. The topological polar surface area (TPSA) is 15.3 Å². The Morgan fingerprint density at radius 3 is 2.21 bits per heavy atom. The predicted octanol–water partition coefficient (Wildman–Crippen LogP) is 4.06. The molecule has 2 nitrogen and oxygen atoms in total. The first-order valence-corrected chi connectivity index (χ1v) is 8.37. The quantitative estimate of drug-likeness (QED) is 0.601. The number of unbranched alkanes of at least 4 members (excludes halogenated alkanes) is 3. The van der Waals surface area contributed by atoms with E-state index in [-0.39, 0.29) is 5.54 Å². The second-order valence-corrected chi connectivity index (χ2v) is 7.71. The van der Waals surface area contributed by atoms with Crippen molar-refractivity contribution in [1.82, 2.24) is 10.2 Å². The lowest BCUT2D eigenvalue weighted by Crippen LogP contribution is -2.36. The van der Waals surface area contributed by atoms with E-state index in [9.17, 15) is 0 Å². The van der Waals surface area contributed by atoms with Crippen molar-refractivity contribution in [1.29, 1.82) is 0 Å². The van der Waals surface area contributed by atoms with Crippen LogP contribution in [0.2, 0.25) is 0 Å². The maximum absolute atomic E-state index is 3.57. The highest BCUT2D eigenvalue weighted by Crippen LogP contribution is 2.27. The predicted molar refractivity (Wildman–Crippen MR) is 85.7 cm³/mol. The normalized spacial score (nSPS) is 16.6. The fourth-order valence-corrected chi connectivity index (χ4v) is 2.59. The Hall–Kier alpha value is -0.0800. The van der Waals surface area contributed by atoms with Gasteiger partial charge in [-0.3, -0.25) is 0 Å². The minimum absolute atomic E-state index is 0.278. The van der Waals surface area contributed by atoms with Gasteiger partial charge in [0.05, 0.1) is 0 Å². The minimum Gasteiger partial charge on any atom is -0.312 e. The van der Waals surface area contributed by atoms with Crippen LogP contribution >= 0.6 is 0 Å². The molecule has 0 aromatic rings. The summed E-state index contributed by atoms with van der Waals surface area (Å²) in [7, 11) is 0. The average Bonchev–Trinajstić information content (AvgIpc) is 3.07. The van der Waals surface area contributed by atoms with Crippen molar-refractivity contribution in [3.8, 4) is 0 Å². The Kier molecular flexibility index (Phi) is 7.38. The van der Waals surface area contributed by atoms with Gasteiger partial charge in [0.1, 0.15) is 0 Å². The number of nitrogens with zero attached hydrogens (tertiary/aromatic N) is 1. The van der Waals surface area contributed by atoms with Crippen molar-refractivity contribution in [3.63, 3.8) is 0 Å². The summed E-state index contributed by atoms with van der Waals surface area (Å²) in [4.78, 5) is 2.73. The van der Waals surface area contributed by atoms with Gasteiger partial charge in [-0.1, -0.05) is 26.7 Å². The van der Waals surface area contributed by atoms with Crippen LogP contribution in [0.5, 0.6) is 0 Å². The third kappa shape index (κ3) is 9.45. The lowest BCUT2D eigenvalue weighted by molar-refractivity contribution is 0.229. The lowest BCUT2D eigenvalue weighted by atomic mass is 10.1. The van der Waals surface area contributed by atoms with Crippen molar-refractivity contribution in [2.75, 3.05) is 19.6 Å². The van der Waals surface area contributed by atoms with Crippen LogP contribution in [-0.4, -0.2) is 36.1 Å². The van der Waals surface area contributed by atoms with Crippen LogP contribution in [-0.2, 0) is 0 Å². The molecular formula is C17H36N2. The first-order chi connectivity index (χ1) is 8.88. The summed E-state index contributed by atoms with van der Waals surface area (Å²) in [6.07, 6.45) is 8.38. The van der Waals surface area contributed by atoms with Crippen LogP contribution in [0.3, 0.4) is 0 Å². The van der Waals surface area contributed by atoms with Gasteiger partial charge in [0.15, 0.2) is 0 Å². The van der Waals surface area contributed by atoms with E-state index >= 15 is 0 Å². The molecule has 0 atom stereocenters. The molecule has 0 heterocycles. The third-order valence-corrected chi connectivity index (χ3v) is 3.69. The molecule has 114 valence electrons. The van der Waals surface area contributed by atoms with Crippen LogP contribution in [0.25, 0.3) is 0 Å². The highest BCUT2D eigenvalue weighted by molar-refractivity contribution is 4.84. The molecule has 0 unspecified atom stereocenters. The van der Waals surface area contributed by atoms with Crippen LogP contribution in [0, 0.1) is 5.92 Å². The molecular weight excluding hydrogens is 232 g/mol. The van der Waals surface area contributed by atoms with Gasteiger partial charge in [-0.15, -0.1) is 0 Å². The molecule has 0 saturated heterocycles. The zero-order chi connectivity index (χ0) is 14.3.